The zero-order valence-corrected chi connectivity index (χ0v) is 39.4. The second-order valence-electron chi connectivity index (χ2n) is 18.2. The van der Waals surface area contributed by atoms with Crippen molar-refractivity contribution in [1.29, 1.82) is 0 Å². The fourth-order valence-electron chi connectivity index (χ4n) is 7.44. The van der Waals surface area contributed by atoms with E-state index in [0.29, 0.717) is 58.1 Å². The highest BCUT2D eigenvalue weighted by atomic mass is 28.4. The normalized spacial score (nSPS) is 16.0. The smallest absolute Gasteiger partial charge is 0.405 e. The van der Waals surface area contributed by atoms with E-state index >= 15 is 0 Å². The van der Waals surface area contributed by atoms with Gasteiger partial charge in [0, 0.05) is 23.6 Å². The van der Waals surface area contributed by atoms with E-state index in [1.165, 1.54) is 6.92 Å². The number of benzene rings is 2. The van der Waals surface area contributed by atoms with Crippen LogP contribution in [0.5, 0.6) is 11.5 Å². The lowest BCUT2D eigenvalue weighted by atomic mass is 10.0. The maximum atomic E-state index is 14.6. The predicted octanol–water partition coefficient (Wildman–Crippen LogP) is 8.67. The molecule has 0 saturated heterocycles. The van der Waals surface area contributed by atoms with Gasteiger partial charge in [-0.05, 0) is 83.4 Å². The summed E-state index contributed by atoms with van der Waals surface area (Å²) in [6, 6.07) is 9.46. The van der Waals surface area contributed by atoms with Crippen molar-refractivity contribution in [3.63, 3.8) is 0 Å². The maximum absolute atomic E-state index is 14.6. The van der Waals surface area contributed by atoms with Crippen LogP contribution in [-0.2, 0) is 18.8 Å². The Hall–Kier alpha value is -4.35. The SMILES string of the molecule is COc1cc(C(=O)N2C=C(c3ccc(NC(=O)[C@H](C)NC(=O)[C@@H](OC(N)=O)C(C)C)cc3)C[C@H]2CO[Si](C)(C)C(C)(C)C)c(N)cc1O[Si](C(C)C)(C(C)C)C(C)C. The number of carbonyl (C=O) groups is 4. The third kappa shape index (κ3) is 11.0. The maximum Gasteiger partial charge on any atom is 0.405 e. The van der Waals surface area contributed by atoms with E-state index in [0.717, 1.165) is 11.1 Å². The molecule has 322 valence electrons. The molecule has 13 nitrogen and oxygen atoms in total. The highest BCUT2D eigenvalue weighted by Crippen LogP contribution is 2.46. The highest BCUT2D eigenvalue weighted by molar-refractivity contribution is 6.78. The number of hydrogen-bond acceptors (Lipinski definition) is 9. The van der Waals surface area contributed by atoms with Gasteiger partial charge in [-0.3, -0.25) is 14.4 Å². The summed E-state index contributed by atoms with van der Waals surface area (Å²) in [5.41, 5.74) is 15.7. The van der Waals surface area contributed by atoms with Gasteiger partial charge in [0.2, 0.25) is 5.91 Å². The molecule has 0 unspecified atom stereocenters. The number of ether oxygens (including phenoxy) is 2. The van der Waals surface area contributed by atoms with E-state index in [1.807, 2.05) is 18.3 Å². The number of primary amides is 1. The van der Waals surface area contributed by atoms with Crippen LogP contribution in [-0.4, -0.2) is 77.3 Å². The van der Waals surface area contributed by atoms with Crippen LogP contribution in [0.3, 0.4) is 0 Å². The summed E-state index contributed by atoms with van der Waals surface area (Å²) in [7, 11) is -2.96. The zero-order chi connectivity index (χ0) is 44.1. The van der Waals surface area contributed by atoms with Crippen LogP contribution in [0.4, 0.5) is 16.2 Å². The van der Waals surface area contributed by atoms with E-state index in [4.69, 9.17) is 29.8 Å². The van der Waals surface area contributed by atoms with Gasteiger partial charge in [-0.25, -0.2) is 4.79 Å². The minimum absolute atomic E-state index is 0.0290. The Morgan fingerprint density at radius 2 is 1.45 bits per heavy atom. The monoisotopic (exact) mass is 839 g/mol. The Morgan fingerprint density at radius 3 is 1.93 bits per heavy atom. The minimum Gasteiger partial charge on any atom is -0.540 e. The van der Waals surface area contributed by atoms with Crippen LogP contribution in [0.2, 0.25) is 34.8 Å². The molecule has 6 N–H and O–H groups in total. The summed E-state index contributed by atoms with van der Waals surface area (Å²) in [6.07, 6.45) is 0.184. The zero-order valence-electron chi connectivity index (χ0n) is 37.4. The number of amides is 4. The minimum atomic E-state index is -2.36. The Labute approximate surface area is 348 Å². The number of rotatable bonds is 17. The largest absolute Gasteiger partial charge is 0.540 e. The van der Waals surface area contributed by atoms with Crippen LogP contribution in [0.25, 0.3) is 5.57 Å². The van der Waals surface area contributed by atoms with E-state index in [9.17, 15) is 19.2 Å². The van der Waals surface area contributed by atoms with Gasteiger partial charge < -0.3 is 45.3 Å². The molecule has 0 bridgehead atoms. The van der Waals surface area contributed by atoms with E-state index in [-0.39, 0.29) is 22.9 Å². The van der Waals surface area contributed by atoms with E-state index in [1.54, 1.807) is 50.1 Å². The molecule has 58 heavy (non-hydrogen) atoms. The first-order valence-electron chi connectivity index (χ1n) is 20.3. The van der Waals surface area contributed by atoms with Crippen LogP contribution >= 0.6 is 0 Å². The molecule has 0 aromatic heterocycles. The summed E-state index contributed by atoms with van der Waals surface area (Å²) < 4.78 is 24.4. The van der Waals surface area contributed by atoms with Gasteiger partial charge in [0.15, 0.2) is 20.2 Å². The van der Waals surface area contributed by atoms with Crippen LogP contribution in [0.15, 0.2) is 42.6 Å². The molecule has 3 atom stereocenters. The Morgan fingerprint density at radius 1 is 0.879 bits per heavy atom. The van der Waals surface area contributed by atoms with Gasteiger partial charge in [-0.2, -0.15) is 0 Å². The number of carbonyl (C=O) groups excluding carboxylic acids is 4. The number of nitrogens with two attached hydrogens (primary N) is 2. The molecule has 1 heterocycles. The van der Waals surface area contributed by atoms with E-state index in [2.05, 4.69) is 86.0 Å². The summed E-state index contributed by atoms with van der Waals surface area (Å²) in [6.45, 7) is 29.5. The highest BCUT2D eigenvalue weighted by Gasteiger charge is 2.48. The van der Waals surface area contributed by atoms with Gasteiger partial charge >= 0.3 is 6.09 Å². The van der Waals surface area contributed by atoms with Crippen molar-refractivity contribution < 1.29 is 37.5 Å². The lowest BCUT2D eigenvalue weighted by molar-refractivity contribution is -0.134. The molecule has 2 aromatic rings. The summed E-state index contributed by atoms with van der Waals surface area (Å²) in [5.74, 6) is -0.701. The fraction of sp³-hybridized carbons (Fsp3) is 0.581. The van der Waals surface area contributed by atoms with Crippen molar-refractivity contribution in [3.05, 3.63) is 53.7 Å². The molecule has 1 aliphatic heterocycles. The predicted molar refractivity (Wildman–Crippen MR) is 237 cm³/mol. The number of nitrogen functional groups attached to an aromatic ring is 1. The molecule has 0 aliphatic carbocycles. The molecular weight excluding hydrogens is 771 g/mol. The van der Waals surface area contributed by atoms with Crippen molar-refractivity contribution in [2.24, 2.45) is 11.7 Å². The van der Waals surface area contributed by atoms with Crippen LogP contribution in [0.1, 0.15) is 105 Å². The summed E-state index contributed by atoms with van der Waals surface area (Å²) in [5, 5.41) is 5.37. The molecule has 0 fully saturated rings. The van der Waals surface area contributed by atoms with Crippen molar-refractivity contribution in [2.45, 2.75) is 142 Å². The second kappa shape index (κ2) is 19.1. The van der Waals surface area contributed by atoms with E-state index < -0.39 is 46.7 Å². The number of methoxy groups -OCH3 is 1. The topological polar surface area (TPSA) is 185 Å². The summed E-state index contributed by atoms with van der Waals surface area (Å²) in [4.78, 5) is 53.3. The standard InChI is InChI=1S/C43H69N5O8Si2/c1-25(2)38(55-42(45)52)40(50)46-29(9)39(49)47-32-18-16-30(17-19-32)31-20-33(24-54-57(14,15)43(10,11)12)48(23-31)41(51)34-21-36(53-13)37(22-35(34)44)56-58(26(3)4,27(5)6)28(7)8/h16-19,21-23,25-29,33,38H,20,24,44H2,1-15H3,(H2,45,52)(H,46,50)(H,47,49)/t29-,33-,38-/m0/s1. The van der Waals surface area contributed by atoms with Gasteiger partial charge in [0.25, 0.3) is 20.1 Å². The van der Waals surface area contributed by atoms with Crippen molar-refractivity contribution in [2.75, 3.05) is 24.8 Å². The molecule has 0 radical (unpaired) electrons. The third-order valence-electron chi connectivity index (χ3n) is 11.8. The van der Waals surface area contributed by atoms with Gasteiger partial charge in [0.05, 0.1) is 25.3 Å². The van der Waals surface area contributed by atoms with Crippen LogP contribution < -0.4 is 31.3 Å². The second-order valence-corrected chi connectivity index (χ2v) is 28.4. The quantitative estimate of drug-likeness (QED) is 0.0894. The average molecular weight is 840 g/mol. The van der Waals surface area contributed by atoms with Gasteiger partial charge in [-0.1, -0.05) is 88.3 Å². The van der Waals surface area contributed by atoms with Gasteiger partial charge in [0.1, 0.15) is 11.8 Å². The molecular formula is C43H69N5O8Si2. The lowest BCUT2D eigenvalue weighted by Crippen LogP contribution is -2.50. The van der Waals surface area contributed by atoms with Crippen molar-refractivity contribution in [1.82, 2.24) is 10.2 Å². The fourth-order valence-corrected chi connectivity index (χ4v) is 13.7. The Kier molecular flexibility index (Phi) is 15.9. The number of nitrogens with zero attached hydrogens (tertiary/aromatic N) is 1. The summed E-state index contributed by atoms with van der Waals surface area (Å²) >= 11 is 0. The Balaban J connectivity index is 1.94. The molecule has 1 aliphatic rings. The lowest BCUT2D eigenvalue weighted by Gasteiger charge is -2.42. The molecule has 0 spiro atoms. The van der Waals surface area contributed by atoms with Crippen LogP contribution in [0, 0.1) is 5.92 Å². The van der Waals surface area contributed by atoms with Crippen molar-refractivity contribution >= 4 is 57.4 Å². The molecule has 0 saturated carbocycles. The molecule has 15 heteroatoms. The molecule has 2 aromatic carbocycles. The first kappa shape index (κ1) is 48.0. The van der Waals surface area contributed by atoms with Crippen molar-refractivity contribution in [3.8, 4) is 11.5 Å². The first-order valence-corrected chi connectivity index (χ1v) is 25.3. The number of anilines is 2. The molecule has 3 rings (SSSR count). The molecule has 4 amide bonds. The Bertz CT molecular complexity index is 1800. The van der Waals surface area contributed by atoms with Gasteiger partial charge in [-0.15, -0.1) is 0 Å². The number of nitrogens with one attached hydrogen (secondary N) is 2. The third-order valence-corrected chi connectivity index (χ3v) is 22.3. The first-order chi connectivity index (χ1) is 26.8. The average Bonchev–Trinajstić information content (AvgIpc) is 3.55. The number of hydrogen-bond donors (Lipinski definition) is 4.